The maximum atomic E-state index is 12.2. The molecule has 1 amide bonds. The fourth-order valence-corrected chi connectivity index (χ4v) is 3.05. The summed E-state index contributed by atoms with van der Waals surface area (Å²) in [4.78, 5) is 35.6. The van der Waals surface area contributed by atoms with Gasteiger partial charge in [-0.2, -0.15) is 0 Å². The number of hydrogen-bond acceptors (Lipinski definition) is 6. The number of amides is 1. The summed E-state index contributed by atoms with van der Waals surface area (Å²) in [6.45, 7) is 4.86. The van der Waals surface area contributed by atoms with Crippen molar-refractivity contribution in [3.63, 3.8) is 0 Å². The van der Waals surface area contributed by atoms with Crippen molar-refractivity contribution in [2.45, 2.75) is 26.8 Å². The van der Waals surface area contributed by atoms with Gasteiger partial charge in [0.2, 0.25) is 0 Å². The Labute approximate surface area is 166 Å². The Morgan fingerprint density at radius 2 is 1.72 bits per heavy atom. The van der Waals surface area contributed by atoms with Crippen LogP contribution in [-0.4, -0.2) is 18.5 Å². The summed E-state index contributed by atoms with van der Waals surface area (Å²) < 4.78 is 10.9. The van der Waals surface area contributed by atoms with Gasteiger partial charge in [0.05, 0.1) is 12.0 Å². The van der Waals surface area contributed by atoms with E-state index in [-0.39, 0.29) is 0 Å². The van der Waals surface area contributed by atoms with E-state index in [1.54, 1.807) is 56.3 Å². The third kappa shape index (κ3) is 4.13. The molecule has 0 unspecified atom stereocenters. The Morgan fingerprint density at radius 1 is 1.03 bits per heavy atom. The van der Waals surface area contributed by atoms with Crippen molar-refractivity contribution in [1.82, 2.24) is 5.32 Å². The molecule has 2 aromatic carbocycles. The predicted molar refractivity (Wildman–Crippen MR) is 105 cm³/mol. The molecule has 0 aliphatic rings. The monoisotopic (exact) mass is 394 g/mol. The van der Waals surface area contributed by atoms with Crippen LogP contribution in [0.1, 0.15) is 28.3 Å². The summed E-state index contributed by atoms with van der Waals surface area (Å²) in [5.41, 5.74) is 2.31. The Balaban J connectivity index is 1.77. The Morgan fingerprint density at radius 3 is 2.38 bits per heavy atom. The van der Waals surface area contributed by atoms with E-state index in [0.717, 1.165) is 10.9 Å². The zero-order valence-corrected chi connectivity index (χ0v) is 16.3. The first-order valence-electron chi connectivity index (χ1n) is 9.01. The van der Waals surface area contributed by atoms with Crippen molar-refractivity contribution in [2.24, 2.45) is 0 Å². The Kier molecular flexibility index (Phi) is 5.68. The number of ether oxygens (including phenoxy) is 1. The van der Waals surface area contributed by atoms with Crippen LogP contribution in [0.15, 0.2) is 51.7 Å². The molecule has 0 bridgehead atoms. The van der Waals surface area contributed by atoms with E-state index >= 15 is 0 Å². The molecule has 0 aliphatic heterocycles. The lowest BCUT2D eigenvalue weighted by Crippen LogP contribution is -2.43. The molecule has 7 nitrogen and oxygen atoms in total. The first-order valence-corrected chi connectivity index (χ1v) is 9.01. The molecule has 0 aliphatic carbocycles. The lowest BCUT2D eigenvalue weighted by molar-refractivity contribution is -0.308. The van der Waals surface area contributed by atoms with Crippen LogP contribution < -0.4 is 20.8 Å². The standard InChI is InChI=1S/C22H21NO6/c1-12-13(2)22(27)29-20-14(3)17(10-9-16(12)20)28-11-18(24)23-19(21(25)26)15-7-5-4-6-8-15/h4-10,19H,11H2,1-3H3,(H,23,24)(H,25,26)/p-1/t19-/m0/s1. The molecule has 29 heavy (non-hydrogen) atoms. The molecule has 150 valence electrons. The Bertz CT molecular complexity index is 1130. The average molecular weight is 394 g/mol. The number of carbonyl (C=O) groups excluding carboxylic acids is 2. The quantitative estimate of drug-likeness (QED) is 0.638. The number of hydrogen-bond donors (Lipinski definition) is 1. The largest absolute Gasteiger partial charge is 0.548 e. The van der Waals surface area contributed by atoms with Crippen LogP contribution in [0.2, 0.25) is 0 Å². The number of fused-ring (bicyclic) bond motifs is 1. The maximum Gasteiger partial charge on any atom is 0.339 e. The highest BCUT2D eigenvalue weighted by Gasteiger charge is 2.17. The molecule has 0 radical (unpaired) electrons. The fourth-order valence-electron chi connectivity index (χ4n) is 3.05. The number of carbonyl (C=O) groups is 2. The summed E-state index contributed by atoms with van der Waals surface area (Å²) in [6.07, 6.45) is 0. The zero-order valence-electron chi connectivity index (χ0n) is 16.3. The highest BCUT2D eigenvalue weighted by atomic mass is 16.5. The van der Waals surface area contributed by atoms with Gasteiger partial charge in [-0.3, -0.25) is 4.79 Å². The van der Waals surface area contributed by atoms with Crippen molar-refractivity contribution in [3.05, 3.63) is 75.1 Å². The number of rotatable bonds is 6. The van der Waals surface area contributed by atoms with Gasteiger partial charge in [0.1, 0.15) is 11.3 Å². The average Bonchev–Trinajstić information content (AvgIpc) is 2.71. The van der Waals surface area contributed by atoms with E-state index in [1.807, 2.05) is 6.92 Å². The highest BCUT2D eigenvalue weighted by molar-refractivity contribution is 5.86. The second-order valence-electron chi connectivity index (χ2n) is 6.72. The van der Waals surface area contributed by atoms with Gasteiger partial charge in [-0.15, -0.1) is 0 Å². The second-order valence-corrected chi connectivity index (χ2v) is 6.72. The summed E-state index contributed by atoms with van der Waals surface area (Å²) in [7, 11) is 0. The van der Waals surface area contributed by atoms with Crippen LogP contribution >= 0.6 is 0 Å². The molecule has 1 atom stereocenters. The van der Waals surface area contributed by atoms with E-state index in [1.165, 1.54) is 0 Å². The smallest absolute Gasteiger partial charge is 0.339 e. The minimum Gasteiger partial charge on any atom is -0.548 e. The molecule has 0 spiro atoms. The predicted octanol–water partition coefficient (Wildman–Crippen LogP) is 1.70. The third-order valence-corrected chi connectivity index (χ3v) is 4.86. The van der Waals surface area contributed by atoms with Gasteiger partial charge in [-0.05, 0) is 44.0 Å². The van der Waals surface area contributed by atoms with Crippen LogP contribution in [-0.2, 0) is 9.59 Å². The van der Waals surface area contributed by atoms with E-state index in [4.69, 9.17) is 9.15 Å². The summed E-state index contributed by atoms with van der Waals surface area (Å²) in [6, 6.07) is 10.4. The molecule has 3 rings (SSSR count). The lowest BCUT2D eigenvalue weighted by Gasteiger charge is -2.20. The maximum absolute atomic E-state index is 12.2. The Hall–Kier alpha value is -3.61. The van der Waals surface area contributed by atoms with Crippen molar-refractivity contribution in [1.29, 1.82) is 0 Å². The fraction of sp³-hybridized carbons (Fsp3) is 0.227. The second kappa shape index (κ2) is 8.18. The highest BCUT2D eigenvalue weighted by Crippen LogP contribution is 2.29. The molecule has 0 fully saturated rings. The van der Waals surface area contributed by atoms with Crippen LogP contribution in [0.4, 0.5) is 0 Å². The number of aryl methyl sites for hydroxylation is 2. The first kappa shape index (κ1) is 20.1. The third-order valence-electron chi connectivity index (χ3n) is 4.86. The molecule has 7 heteroatoms. The van der Waals surface area contributed by atoms with Gasteiger partial charge in [0, 0.05) is 16.5 Å². The minimum absolute atomic E-state index is 0.365. The van der Waals surface area contributed by atoms with Gasteiger partial charge >= 0.3 is 5.63 Å². The van der Waals surface area contributed by atoms with Crippen molar-refractivity contribution in [2.75, 3.05) is 6.61 Å². The van der Waals surface area contributed by atoms with Gasteiger partial charge in [-0.1, -0.05) is 30.3 Å². The zero-order chi connectivity index (χ0) is 21.1. The molecule has 0 saturated carbocycles. The van der Waals surface area contributed by atoms with Gasteiger partial charge in [0.25, 0.3) is 5.91 Å². The molecular weight excluding hydrogens is 374 g/mol. The van der Waals surface area contributed by atoms with Crippen LogP contribution in [0, 0.1) is 20.8 Å². The topological polar surface area (TPSA) is 109 Å². The number of carboxylic acid groups (broad SMARTS) is 1. The number of carboxylic acids is 1. The van der Waals surface area contributed by atoms with Gasteiger partial charge < -0.3 is 24.4 Å². The molecule has 1 heterocycles. The molecule has 1 aromatic heterocycles. The van der Waals surface area contributed by atoms with Crippen molar-refractivity contribution >= 4 is 22.8 Å². The van der Waals surface area contributed by atoms with E-state index in [2.05, 4.69) is 5.32 Å². The molecule has 3 aromatic rings. The number of benzene rings is 2. The van der Waals surface area contributed by atoms with E-state index in [9.17, 15) is 19.5 Å². The molecule has 0 saturated heterocycles. The van der Waals surface area contributed by atoms with Crippen LogP contribution in [0.25, 0.3) is 11.0 Å². The van der Waals surface area contributed by atoms with Crippen LogP contribution in [0.5, 0.6) is 5.75 Å². The van der Waals surface area contributed by atoms with E-state index < -0.39 is 30.2 Å². The van der Waals surface area contributed by atoms with Crippen LogP contribution in [0.3, 0.4) is 0 Å². The first-order chi connectivity index (χ1) is 13.8. The lowest BCUT2D eigenvalue weighted by atomic mass is 10.0. The number of aliphatic carboxylic acids is 1. The summed E-state index contributed by atoms with van der Waals surface area (Å²) in [5.74, 6) is -1.67. The normalized spacial score (nSPS) is 11.8. The molecule has 1 N–H and O–H groups in total. The van der Waals surface area contributed by atoms with Gasteiger partial charge in [-0.25, -0.2) is 4.79 Å². The molecular formula is C22H20NO6-. The number of nitrogens with one attached hydrogen (secondary N) is 1. The SMILES string of the molecule is Cc1c(C)c2ccc(OCC(=O)N[C@H](C(=O)[O-])c3ccccc3)c(C)c2oc1=O. The minimum atomic E-state index is -1.42. The summed E-state index contributed by atoms with van der Waals surface area (Å²) in [5, 5.41) is 14.6. The van der Waals surface area contributed by atoms with Crippen molar-refractivity contribution < 1.29 is 23.8 Å². The van der Waals surface area contributed by atoms with E-state index in [0.29, 0.717) is 28.0 Å². The van der Waals surface area contributed by atoms with Gasteiger partial charge in [0.15, 0.2) is 6.61 Å². The van der Waals surface area contributed by atoms with Crippen molar-refractivity contribution in [3.8, 4) is 5.75 Å². The summed E-state index contributed by atoms with van der Waals surface area (Å²) >= 11 is 0.